The number of benzene rings is 1. The maximum atomic E-state index is 11.5. The average Bonchev–Trinajstić information content (AvgIpc) is 2.60. The van der Waals surface area contributed by atoms with Crippen LogP contribution in [0.3, 0.4) is 0 Å². The molecule has 0 radical (unpaired) electrons. The van der Waals surface area contributed by atoms with Crippen LogP contribution in [-0.4, -0.2) is 90.3 Å². The molecule has 26 heavy (non-hydrogen) atoms. The number of hydrogen-bond acceptors (Lipinski definition) is 5. The molecule has 146 valence electrons. The Labute approximate surface area is 157 Å². The van der Waals surface area contributed by atoms with E-state index in [-0.39, 0.29) is 0 Å². The van der Waals surface area contributed by atoms with E-state index >= 15 is 0 Å². The lowest BCUT2D eigenvalue weighted by Crippen LogP contribution is -2.55. The van der Waals surface area contributed by atoms with Crippen molar-refractivity contribution in [1.29, 1.82) is 0 Å². The zero-order valence-corrected chi connectivity index (χ0v) is 17.0. The molecule has 1 aliphatic rings. The summed E-state index contributed by atoms with van der Waals surface area (Å²) in [7, 11) is 2.95. The van der Waals surface area contributed by atoms with Gasteiger partial charge in [0.1, 0.15) is 0 Å². The van der Waals surface area contributed by atoms with Crippen molar-refractivity contribution in [3.05, 3.63) is 29.8 Å². The van der Waals surface area contributed by atoms with Gasteiger partial charge in [-0.3, -0.25) is 9.89 Å². The number of guanidine groups is 1. The van der Waals surface area contributed by atoms with Crippen molar-refractivity contribution in [2.24, 2.45) is 4.99 Å². The fraction of sp³-hybridized carbons (Fsp3) is 0.611. The fourth-order valence-electron chi connectivity index (χ4n) is 2.99. The topological polar surface area (TPSA) is 77.0 Å². The van der Waals surface area contributed by atoms with Gasteiger partial charge < -0.3 is 15.5 Å². The van der Waals surface area contributed by atoms with Gasteiger partial charge in [-0.1, -0.05) is 12.1 Å². The van der Waals surface area contributed by atoms with Gasteiger partial charge in [-0.25, -0.2) is 8.42 Å². The monoisotopic (exact) mass is 381 g/mol. The van der Waals surface area contributed by atoms with E-state index in [0.29, 0.717) is 10.9 Å². The van der Waals surface area contributed by atoms with Crippen LogP contribution in [0.25, 0.3) is 0 Å². The summed E-state index contributed by atoms with van der Waals surface area (Å²) in [5, 5.41) is 6.71. The van der Waals surface area contributed by atoms with Crippen LogP contribution in [0.15, 0.2) is 34.2 Å². The summed E-state index contributed by atoms with van der Waals surface area (Å²) in [6.07, 6.45) is 2.03. The van der Waals surface area contributed by atoms with E-state index < -0.39 is 9.84 Å². The summed E-state index contributed by atoms with van der Waals surface area (Å²) in [6.45, 7) is 4.82. The summed E-state index contributed by atoms with van der Waals surface area (Å²) < 4.78 is 23.0. The number of aliphatic imine (C=N–C) groups is 1. The van der Waals surface area contributed by atoms with Gasteiger partial charge >= 0.3 is 0 Å². The van der Waals surface area contributed by atoms with Crippen LogP contribution < -0.4 is 10.6 Å². The number of likely N-dealkylation sites (N-methyl/N-ethyl adjacent to an activating group) is 2. The highest BCUT2D eigenvalue weighted by molar-refractivity contribution is 7.90. The molecule has 1 atom stereocenters. The van der Waals surface area contributed by atoms with E-state index in [1.165, 1.54) is 6.26 Å². The number of nitrogens with zero attached hydrogens (tertiary/aromatic N) is 3. The van der Waals surface area contributed by atoms with E-state index in [1.807, 2.05) is 12.1 Å². The first kappa shape index (κ1) is 20.7. The molecule has 1 aromatic rings. The number of rotatable bonds is 6. The second-order valence-corrected chi connectivity index (χ2v) is 8.96. The fourth-order valence-corrected chi connectivity index (χ4v) is 3.62. The minimum Gasteiger partial charge on any atom is -0.356 e. The Balaban J connectivity index is 1.76. The normalized spacial score (nSPS) is 20.2. The summed E-state index contributed by atoms with van der Waals surface area (Å²) in [6, 6.07) is 7.51. The summed E-state index contributed by atoms with van der Waals surface area (Å²) >= 11 is 0. The maximum Gasteiger partial charge on any atom is 0.191 e. The van der Waals surface area contributed by atoms with Crippen molar-refractivity contribution >= 4 is 15.8 Å². The van der Waals surface area contributed by atoms with Crippen LogP contribution in [0.2, 0.25) is 0 Å². The quantitative estimate of drug-likeness (QED) is 0.535. The third kappa shape index (κ3) is 6.26. The predicted octanol–water partition coefficient (Wildman–Crippen LogP) is 0.0434. The highest BCUT2D eigenvalue weighted by Gasteiger charge is 2.21. The van der Waals surface area contributed by atoms with E-state index in [0.717, 1.165) is 50.7 Å². The molecule has 2 rings (SSSR count). The van der Waals surface area contributed by atoms with E-state index in [1.54, 1.807) is 19.2 Å². The second-order valence-electron chi connectivity index (χ2n) is 6.94. The molecule has 1 aromatic carbocycles. The Bertz CT molecular complexity index is 703. The van der Waals surface area contributed by atoms with Gasteiger partial charge in [-0.2, -0.15) is 0 Å². The lowest BCUT2D eigenvalue weighted by molar-refractivity contribution is 0.116. The van der Waals surface area contributed by atoms with Gasteiger partial charge in [0.05, 0.1) is 4.90 Å². The van der Waals surface area contributed by atoms with Gasteiger partial charge in [-0.15, -0.1) is 0 Å². The molecule has 1 unspecified atom stereocenters. The Morgan fingerprint density at radius 3 is 2.50 bits per heavy atom. The lowest BCUT2D eigenvalue weighted by atomic mass is 10.1. The molecule has 1 heterocycles. The third-order valence-electron chi connectivity index (χ3n) is 4.77. The average molecular weight is 382 g/mol. The highest BCUT2D eigenvalue weighted by atomic mass is 32.2. The second kappa shape index (κ2) is 9.34. The maximum absolute atomic E-state index is 11.5. The number of sulfone groups is 1. The third-order valence-corrected chi connectivity index (χ3v) is 5.90. The molecule has 1 saturated heterocycles. The minimum absolute atomic E-state index is 0.355. The predicted molar refractivity (Wildman–Crippen MR) is 107 cm³/mol. The minimum atomic E-state index is -3.14. The first-order chi connectivity index (χ1) is 12.3. The van der Waals surface area contributed by atoms with Crippen molar-refractivity contribution < 1.29 is 8.42 Å². The SMILES string of the molecule is CN=C(NCCc1ccc(S(C)(=O)=O)cc1)NCC1CN(C)CCN1C. The summed E-state index contributed by atoms with van der Waals surface area (Å²) in [5.74, 6) is 0.791. The molecule has 0 spiro atoms. The molecule has 7 nitrogen and oxygen atoms in total. The molecule has 8 heteroatoms. The Kier molecular flexibility index (Phi) is 7.43. The van der Waals surface area contributed by atoms with Crippen LogP contribution in [0, 0.1) is 0 Å². The van der Waals surface area contributed by atoms with Crippen molar-refractivity contribution in [1.82, 2.24) is 20.4 Å². The number of piperazine rings is 1. The Hall–Kier alpha value is -1.64. The molecule has 2 N–H and O–H groups in total. The molecule has 0 aliphatic carbocycles. The molecule has 0 amide bonds. The van der Waals surface area contributed by atoms with Crippen LogP contribution in [-0.2, 0) is 16.3 Å². The van der Waals surface area contributed by atoms with Crippen molar-refractivity contribution in [3.8, 4) is 0 Å². The van der Waals surface area contributed by atoms with Crippen LogP contribution >= 0.6 is 0 Å². The van der Waals surface area contributed by atoms with Gasteiger partial charge in [0.2, 0.25) is 0 Å². The van der Waals surface area contributed by atoms with Crippen molar-refractivity contribution in [2.45, 2.75) is 17.4 Å². The van der Waals surface area contributed by atoms with Gasteiger partial charge in [0, 0.05) is 52.1 Å². The largest absolute Gasteiger partial charge is 0.356 e. The molecular weight excluding hydrogens is 350 g/mol. The molecule has 0 saturated carbocycles. The smallest absolute Gasteiger partial charge is 0.191 e. The zero-order chi connectivity index (χ0) is 19.2. The van der Waals surface area contributed by atoms with E-state index in [9.17, 15) is 8.42 Å². The Morgan fingerprint density at radius 2 is 1.88 bits per heavy atom. The molecule has 1 fully saturated rings. The summed E-state index contributed by atoms with van der Waals surface area (Å²) in [4.78, 5) is 9.36. The highest BCUT2D eigenvalue weighted by Crippen LogP contribution is 2.10. The van der Waals surface area contributed by atoms with Crippen LogP contribution in [0.1, 0.15) is 5.56 Å². The first-order valence-electron chi connectivity index (χ1n) is 8.92. The molecule has 1 aliphatic heterocycles. The van der Waals surface area contributed by atoms with Crippen LogP contribution in [0.5, 0.6) is 0 Å². The van der Waals surface area contributed by atoms with Gasteiger partial charge in [0.25, 0.3) is 0 Å². The standard InChI is InChI=1S/C18H31N5O2S/c1-19-18(21-13-16-14-22(2)11-12-23(16)3)20-10-9-15-5-7-17(8-6-15)26(4,24)25/h5-8,16H,9-14H2,1-4H3,(H2,19,20,21). The summed E-state index contributed by atoms with van der Waals surface area (Å²) in [5.41, 5.74) is 1.09. The number of hydrogen-bond donors (Lipinski definition) is 2. The lowest BCUT2D eigenvalue weighted by Gasteiger charge is -2.37. The molecule has 0 bridgehead atoms. The van der Waals surface area contributed by atoms with Gasteiger partial charge in [0.15, 0.2) is 15.8 Å². The number of nitrogens with one attached hydrogen (secondary N) is 2. The van der Waals surface area contributed by atoms with Crippen LogP contribution in [0.4, 0.5) is 0 Å². The van der Waals surface area contributed by atoms with E-state index in [2.05, 4.69) is 39.5 Å². The Morgan fingerprint density at radius 1 is 1.19 bits per heavy atom. The molecule has 0 aromatic heterocycles. The zero-order valence-electron chi connectivity index (χ0n) is 16.2. The van der Waals surface area contributed by atoms with Crippen molar-refractivity contribution in [3.63, 3.8) is 0 Å². The molecular formula is C18H31N5O2S. The van der Waals surface area contributed by atoms with E-state index in [4.69, 9.17) is 0 Å². The van der Waals surface area contributed by atoms with Gasteiger partial charge in [-0.05, 0) is 38.2 Å². The van der Waals surface area contributed by atoms with Crippen molar-refractivity contribution in [2.75, 3.05) is 60.1 Å². The first-order valence-corrected chi connectivity index (χ1v) is 10.8.